The number of piperidine rings is 1. The summed E-state index contributed by atoms with van der Waals surface area (Å²) in [6.45, 7) is 1.78. The van der Waals surface area contributed by atoms with E-state index in [-0.39, 0.29) is 5.91 Å². The highest BCUT2D eigenvalue weighted by molar-refractivity contribution is 7.99. The summed E-state index contributed by atoms with van der Waals surface area (Å²) in [6.07, 6.45) is 6.27. The van der Waals surface area contributed by atoms with Crippen molar-refractivity contribution in [2.75, 3.05) is 26.0 Å². The molecule has 2 heterocycles. The van der Waals surface area contributed by atoms with Gasteiger partial charge in [-0.2, -0.15) is 0 Å². The number of carbonyl (C=O) groups excluding carboxylic acids is 1. The quantitative estimate of drug-likeness (QED) is 0.690. The van der Waals surface area contributed by atoms with Crippen molar-refractivity contribution in [3.63, 3.8) is 0 Å². The first-order valence-electron chi connectivity index (χ1n) is 9.19. The average molecular weight is 371 g/mol. The Labute approximate surface area is 160 Å². The molecule has 0 unspecified atom stereocenters. The molecule has 1 fully saturated rings. The smallest absolute Gasteiger partial charge is 0.232 e. The van der Waals surface area contributed by atoms with Crippen molar-refractivity contribution >= 4 is 17.7 Å². The minimum atomic E-state index is 0.231. The molecule has 1 aliphatic rings. The van der Waals surface area contributed by atoms with E-state index in [1.165, 1.54) is 23.7 Å². The van der Waals surface area contributed by atoms with Crippen molar-refractivity contribution in [2.24, 2.45) is 5.92 Å². The van der Waals surface area contributed by atoms with Crippen LogP contribution in [0.3, 0.4) is 0 Å². The lowest BCUT2D eigenvalue weighted by Crippen LogP contribution is -2.41. The van der Waals surface area contributed by atoms with Gasteiger partial charge in [0.05, 0.1) is 17.9 Å². The van der Waals surface area contributed by atoms with Crippen LogP contribution in [0.5, 0.6) is 5.75 Å². The molecule has 0 N–H and O–H groups in total. The molecule has 1 aromatic heterocycles. The Hall–Kier alpha value is -2.01. The van der Waals surface area contributed by atoms with Gasteiger partial charge in [0.15, 0.2) is 0 Å². The predicted octanol–water partition coefficient (Wildman–Crippen LogP) is 4.05. The standard InChI is InChI=1S/C21H26N2O2S/c1-25-19-11-9-17(10-12-19)7-8-18-5-4-14-23(15-18)21(24)16-26-20-6-2-3-13-22-20/h2-3,6,9-13,18H,4-5,7-8,14-16H2,1H3/t18-/m1/s1. The van der Waals surface area contributed by atoms with Crippen LogP contribution >= 0.6 is 11.8 Å². The number of hydrogen-bond acceptors (Lipinski definition) is 4. The zero-order valence-electron chi connectivity index (χ0n) is 15.3. The van der Waals surface area contributed by atoms with Crippen molar-refractivity contribution in [3.05, 3.63) is 54.2 Å². The van der Waals surface area contributed by atoms with Crippen LogP contribution in [-0.4, -0.2) is 41.7 Å². The Balaban J connectivity index is 1.44. The van der Waals surface area contributed by atoms with E-state index in [1.807, 2.05) is 35.2 Å². The highest BCUT2D eigenvalue weighted by Gasteiger charge is 2.23. The van der Waals surface area contributed by atoms with E-state index in [2.05, 4.69) is 17.1 Å². The maximum atomic E-state index is 12.5. The first-order chi connectivity index (χ1) is 12.7. The third-order valence-corrected chi connectivity index (χ3v) is 5.78. The zero-order chi connectivity index (χ0) is 18.2. The first-order valence-corrected chi connectivity index (χ1v) is 10.2. The second kappa shape index (κ2) is 9.62. The third kappa shape index (κ3) is 5.49. The van der Waals surface area contributed by atoms with E-state index in [0.717, 1.165) is 43.1 Å². The lowest BCUT2D eigenvalue weighted by Gasteiger charge is -2.33. The van der Waals surface area contributed by atoms with Gasteiger partial charge in [0.25, 0.3) is 0 Å². The first kappa shape index (κ1) is 18.8. The maximum Gasteiger partial charge on any atom is 0.232 e. The largest absolute Gasteiger partial charge is 0.497 e. The number of carbonyl (C=O) groups is 1. The summed E-state index contributed by atoms with van der Waals surface area (Å²) in [7, 11) is 1.69. The fourth-order valence-corrected chi connectivity index (χ4v) is 4.11. The minimum absolute atomic E-state index is 0.231. The molecule has 1 atom stereocenters. The van der Waals surface area contributed by atoms with E-state index in [0.29, 0.717) is 11.7 Å². The Kier molecular flexibility index (Phi) is 6.95. The predicted molar refractivity (Wildman–Crippen MR) is 106 cm³/mol. The second-order valence-corrected chi connectivity index (χ2v) is 7.69. The van der Waals surface area contributed by atoms with Gasteiger partial charge in [0.2, 0.25) is 5.91 Å². The minimum Gasteiger partial charge on any atom is -0.497 e. The number of amides is 1. The second-order valence-electron chi connectivity index (χ2n) is 6.69. The summed E-state index contributed by atoms with van der Waals surface area (Å²) in [5.74, 6) is 2.19. The molecule has 1 aliphatic heterocycles. The Morgan fingerprint density at radius 1 is 1.27 bits per heavy atom. The molecule has 0 bridgehead atoms. The number of thioether (sulfide) groups is 1. The molecule has 0 spiro atoms. The number of aryl methyl sites for hydroxylation is 1. The molecule has 138 valence electrons. The Morgan fingerprint density at radius 3 is 2.85 bits per heavy atom. The van der Waals surface area contributed by atoms with Crippen LogP contribution in [0.25, 0.3) is 0 Å². The van der Waals surface area contributed by atoms with E-state index in [1.54, 1.807) is 13.3 Å². The fourth-order valence-electron chi connectivity index (χ4n) is 3.35. The normalized spacial score (nSPS) is 17.1. The maximum absolute atomic E-state index is 12.5. The molecule has 1 amide bonds. The summed E-state index contributed by atoms with van der Waals surface area (Å²) in [6, 6.07) is 14.1. The summed E-state index contributed by atoms with van der Waals surface area (Å²) in [4.78, 5) is 18.8. The zero-order valence-corrected chi connectivity index (χ0v) is 16.1. The number of benzene rings is 1. The van der Waals surface area contributed by atoms with Gasteiger partial charge < -0.3 is 9.64 Å². The highest BCUT2D eigenvalue weighted by atomic mass is 32.2. The molecule has 26 heavy (non-hydrogen) atoms. The molecule has 2 aromatic rings. The molecule has 1 aromatic carbocycles. The summed E-state index contributed by atoms with van der Waals surface area (Å²) in [5.41, 5.74) is 1.33. The monoisotopic (exact) mass is 370 g/mol. The van der Waals surface area contributed by atoms with Crippen molar-refractivity contribution < 1.29 is 9.53 Å². The van der Waals surface area contributed by atoms with Gasteiger partial charge in [-0.3, -0.25) is 4.79 Å². The molecule has 5 heteroatoms. The fraction of sp³-hybridized carbons (Fsp3) is 0.429. The van der Waals surface area contributed by atoms with Crippen LogP contribution in [0.4, 0.5) is 0 Å². The Bertz CT molecular complexity index is 691. The lowest BCUT2D eigenvalue weighted by atomic mass is 9.91. The molecular weight excluding hydrogens is 344 g/mol. The van der Waals surface area contributed by atoms with Gasteiger partial charge in [-0.25, -0.2) is 4.98 Å². The number of rotatable bonds is 7. The van der Waals surface area contributed by atoms with Gasteiger partial charge in [0.1, 0.15) is 5.75 Å². The number of pyridine rings is 1. The molecule has 0 radical (unpaired) electrons. The molecule has 4 nitrogen and oxygen atoms in total. The number of methoxy groups -OCH3 is 1. The highest BCUT2D eigenvalue weighted by Crippen LogP contribution is 2.24. The number of likely N-dealkylation sites (tertiary alicyclic amines) is 1. The van der Waals surface area contributed by atoms with Gasteiger partial charge in [-0.05, 0) is 61.4 Å². The molecule has 3 rings (SSSR count). The summed E-state index contributed by atoms with van der Waals surface area (Å²) in [5, 5.41) is 0.911. The van der Waals surface area contributed by atoms with Crippen LogP contribution in [0.1, 0.15) is 24.8 Å². The number of nitrogens with zero attached hydrogens (tertiary/aromatic N) is 2. The van der Waals surface area contributed by atoms with E-state index in [9.17, 15) is 4.79 Å². The van der Waals surface area contributed by atoms with Gasteiger partial charge in [-0.15, -0.1) is 0 Å². The van der Waals surface area contributed by atoms with Crippen LogP contribution in [-0.2, 0) is 11.2 Å². The van der Waals surface area contributed by atoms with Crippen LogP contribution in [0.15, 0.2) is 53.7 Å². The van der Waals surface area contributed by atoms with Crippen molar-refractivity contribution in [3.8, 4) is 5.75 Å². The lowest BCUT2D eigenvalue weighted by molar-refractivity contribution is -0.130. The number of aromatic nitrogens is 1. The molecule has 0 aliphatic carbocycles. The van der Waals surface area contributed by atoms with Crippen LogP contribution < -0.4 is 4.74 Å². The van der Waals surface area contributed by atoms with Crippen LogP contribution in [0, 0.1) is 5.92 Å². The summed E-state index contributed by atoms with van der Waals surface area (Å²) >= 11 is 1.52. The van der Waals surface area contributed by atoms with Gasteiger partial charge in [-0.1, -0.05) is 30.0 Å². The third-order valence-electron chi connectivity index (χ3n) is 4.85. The van der Waals surface area contributed by atoms with Crippen molar-refractivity contribution in [1.82, 2.24) is 9.88 Å². The van der Waals surface area contributed by atoms with Gasteiger partial charge in [0, 0.05) is 19.3 Å². The van der Waals surface area contributed by atoms with Crippen molar-refractivity contribution in [2.45, 2.75) is 30.7 Å². The van der Waals surface area contributed by atoms with E-state index >= 15 is 0 Å². The number of ether oxygens (including phenoxy) is 1. The van der Waals surface area contributed by atoms with E-state index in [4.69, 9.17) is 4.74 Å². The average Bonchev–Trinajstić information content (AvgIpc) is 2.72. The van der Waals surface area contributed by atoms with Crippen LogP contribution in [0.2, 0.25) is 0 Å². The summed E-state index contributed by atoms with van der Waals surface area (Å²) < 4.78 is 5.21. The topological polar surface area (TPSA) is 42.4 Å². The Morgan fingerprint density at radius 2 is 2.12 bits per heavy atom. The SMILES string of the molecule is COc1ccc(CC[C@H]2CCCN(C(=O)CSc3ccccn3)C2)cc1. The van der Waals surface area contributed by atoms with Crippen molar-refractivity contribution in [1.29, 1.82) is 0 Å². The van der Waals surface area contributed by atoms with E-state index < -0.39 is 0 Å². The van der Waals surface area contributed by atoms with Gasteiger partial charge >= 0.3 is 0 Å². The molecule has 0 saturated carbocycles. The number of hydrogen-bond donors (Lipinski definition) is 0. The molecular formula is C21H26N2O2S. The molecule has 1 saturated heterocycles.